The minimum Gasteiger partial charge on any atom is -0.394 e. The second-order valence-corrected chi connectivity index (χ2v) is 11.4. The summed E-state index contributed by atoms with van der Waals surface area (Å²) in [5.74, 6) is 0.00956. The molecule has 15 atom stereocenters. The molecule has 0 bridgehead atoms. The molecule has 6 unspecified atom stereocenters. The van der Waals surface area contributed by atoms with Gasteiger partial charge in [0.25, 0.3) is 0 Å². The number of nitrogens with one attached hydrogen (secondary N) is 1. The van der Waals surface area contributed by atoms with Crippen molar-refractivity contribution >= 4 is 5.78 Å². The molecule has 20 nitrogen and oxygen atoms in total. The van der Waals surface area contributed by atoms with Crippen LogP contribution in [0.15, 0.2) is 0 Å². The summed E-state index contributed by atoms with van der Waals surface area (Å²) in [6, 6.07) is 0. The summed E-state index contributed by atoms with van der Waals surface area (Å²) in [5.41, 5.74) is 5.36. The molecule has 3 saturated heterocycles. The predicted molar refractivity (Wildman–Crippen MR) is 152 cm³/mol. The zero-order valence-electron chi connectivity index (χ0n) is 25.8. The molecule has 13 N–H and O–H groups in total. The van der Waals surface area contributed by atoms with Gasteiger partial charge in [0.1, 0.15) is 79.0 Å². The first-order valence-corrected chi connectivity index (χ1v) is 15.5. The molecule has 3 fully saturated rings. The van der Waals surface area contributed by atoms with Crippen LogP contribution in [0.4, 0.5) is 0 Å². The summed E-state index contributed by atoms with van der Waals surface area (Å²) in [5, 5.41) is 106. The van der Waals surface area contributed by atoms with E-state index in [9.17, 15) is 55.9 Å². The van der Waals surface area contributed by atoms with E-state index in [1.54, 1.807) is 0 Å². The average Bonchev–Trinajstić information content (AvgIpc) is 3.06. The third-order valence-electron chi connectivity index (χ3n) is 7.97. The minimum atomic E-state index is -1.94. The second kappa shape index (κ2) is 19.9. The van der Waals surface area contributed by atoms with Gasteiger partial charge in [0.2, 0.25) is 0 Å². The molecular weight excluding hydrogens is 640 g/mol. The van der Waals surface area contributed by atoms with Crippen molar-refractivity contribution in [1.29, 1.82) is 0 Å². The molecule has 47 heavy (non-hydrogen) atoms. The lowest BCUT2D eigenvalue weighted by atomic mass is 9.96. The van der Waals surface area contributed by atoms with Gasteiger partial charge in [-0.15, -0.1) is 0 Å². The van der Waals surface area contributed by atoms with Gasteiger partial charge in [0.15, 0.2) is 18.9 Å². The maximum atomic E-state index is 11.8. The Kier molecular flexibility index (Phi) is 17.1. The maximum absolute atomic E-state index is 11.8. The zero-order valence-corrected chi connectivity index (χ0v) is 25.8. The third kappa shape index (κ3) is 10.7. The quantitative estimate of drug-likeness (QED) is 0.0560. The Bertz CT molecular complexity index is 908. The topological polar surface area (TPSA) is 322 Å². The van der Waals surface area contributed by atoms with Gasteiger partial charge in [-0.1, -0.05) is 0 Å². The van der Waals surface area contributed by atoms with Crippen LogP contribution in [0, 0.1) is 0 Å². The van der Waals surface area contributed by atoms with Gasteiger partial charge in [0, 0.05) is 26.1 Å². The minimum absolute atomic E-state index is 0.00956. The fraction of sp³-hybridized carbons (Fsp3) is 0.963. The van der Waals surface area contributed by atoms with E-state index in [-0.39, 0.29) is 32.1 Å². The van der Waals surface area contributed by atoms with Crippen LogP contribution in [0.3, 0.4) is 0 Å². The lowest BCUT2D eigenvalue weighted by molar-refractivity contribution is -0.381. The van der Waals surface area contributed by atoms with Crippen molar-refractivity contribution < 1.29 is 89.0 Å². The Morgan fingerprint density at radius 1 is 0.638 bits per heavy atom. The number of ketones is 1. The standard InChI is InChI=1S/C27H50N2O18/c28-3-4-29-8-12(33)2-1-5-41-6-7-42-25-21(39)23(17(35)14(10-31)43-25)47-27-22(40)24(18(36)15(11-32)45-27)46-26-20(38)19(37)16(34)13(9-30)44-26/h13-27,29-32,34-40H,1-11,28H2/t13?,14?,15?,16-,17-,18-,19+,20?,21?,22?,23+,24+,25+,26-,27-/m1/s1. The van der Waals surface area contributed by atoms with Gasteiger partial charge < -0.3 is 95.3 Å². The van der Waals surface area contributed by atoms with E-state index in [2.05, 4.69) is 5.32 Å². The molecule has 0 aromatic rings. The molecule has 0 saturated carbocycles. The average molecular weight is 691 g/mol. The largest absolute Gasteiger partial charge is 0.394 e. The lowest BCUT2D eigenvalue weighted by Gasteiger charge is -2.48. The number of rotatable bonds is 19. The number of hydrogen-bond acceptors (Lipinski definition) is 20. The third-order valence-corrected chi connectivity index (χ3v) is 7.97. The highest BCUT2D eigenvalue weighted by Gasteiger charge is 2.53. The molecular formula is C27H50N2O18. The van der Waals surface area contributed by atoms with Crippen LogP contribution in [0.5, 0.6) is 0 Å². The fourth-order valence-corrected chi connectivity index (χ4v) is 5.28. The van der Waals surface area contributed by atoms with Gasteiger partial charge in [-0.25, -0.2) is 0 Å². The number of nitrogens with two attached hydrogens (primary N) is 1. The first-order valence-electron chi connectivity index (χ1n) is 15.5. The number of hydrogen-bond donors (Lipinski definition) is 12. The molecule has 3 aliphatic heterocycles. The fourth-order valence-electron chi connectivity index (χ4n) is 5.28. The van der Waals surface area contributed by atoms with E-state index in [0.29, 0.717) is 25.9 Å². The van der Waals surface area contributed by atoms with E-state index in [0.717, 1.165) is 0 Å². The first kappa shape index (κ1) is 40.3. The molecule has 3 heterocycles. The van der Waals surface area contributed by atoms with Crippen LogP contribution in [0.25, 0.3) is 0 Å². The van der Waals surface area contributed by atoms with Crippen LogP contribution in [-0.4, -0.2) is 208 Å². The number of aliphatic hydroxyl groups is 10. The van der Waals surface area contributed by atoms with Crippen molar-refractivity contribution in [2.75, 3.05) is 59.3 Å². The van der Waals surface area contributed by atoms with Crippen molar-refractivity contribution in [2.24, 2.45) is 5.73 Å². The molecule has 0 spiro atoms. The Labute approximate surface area is 270 Å². The molecule has 0 aliphatic carbocycles. The first-order chi connectivity index (χ1) is 22.5. The van der Waals surface area contributed by atoms with E-state index in [4.69, 9.17) is 38.9 Å². The van der Waals surface area contributed by atoms with Crippen molar-refractivity contribution in [3.63, 3.8) is 0 Å². The molecule has 276 valence electrons. The molecule has 0 amide bonds. The molecule has 3 aliphatic rings. The Morgan fingerprint density at radius 2 is 1.15 bits per heavy atom. The summed E-state index contributed by atoms with van der Waals surface area (Å²) in [6.45, 7) is -0.958. The van der Waals surface area contributed by atoms with Crippen LogP contribution in [0.1, 0.15) is 12.8 Å². The van der Waals surface area contributed by atoms with Crippen LogP contribution in [-0.2, 0) is 38.0 Å². The number of carbonyl (C=O) groups is 1. The van der Waals surface area contributed by atoms with Gasteiger partial charge in [0.05, 0.1) is 39.6 Å². The molecule has 0 aromatic carbocycles. The summed E-state index contributed by atoms with van der Waals surface area (Å²) >= 11 is 0. The Balaban J connectivity index is 1.58. The molecule has 0 aromatic heterocycles. The highest BCUT2D eigenvalue weighted by molar-refractivity contribution is 5.80. The number of ether oxygens (including phenoxy) is 7. The van der Waals surface area contributed by atoms with E-state index in [1.165, 1.54) is 0 Å². The normalized spacial score (nSPS) is 41.2. The molecule has 3 rings (SSSR count). The number of Topliss-reactive ketones (excluding diaryl/α,β-unsaturated/α-hetero) is 1. The Morgan fingerprint density at radius 3 is 1.70 bits per heavy atom. The molecule has 0 radical (unpaired) electrons. The van der Waals surface area contributed by atoms with Gasteiger partial charge in [-0.3, -0.25) is 4.79 Å². The Hall–Kier alpha value is -1.09. The van der Waals surface area contributed by atoms with Crippen LogP contribution >= 0.6 is 0 Å². The van der Waals surface area contributed by atoms with Gasteiger partial charge in [-0.05, 0) is 6.42 Å². The second-order valence-electron chi connectivity index (χ2n) is 11.4. The van der Waals surface area contributed by atoms with Crippen LogP contribution < -0.4 is 11.1 Å². The SMILES string of the molecule is NCCNCC(=O)CCCOCCO[C@H]1OC(CO)[C@@H](O)[C@H](O[C@H]2OC(CO)[C@@H](O)[C@H](O[C@H]3OC(CO)[C@@H](O)[C@H](O)C3O)C2O)C1O. The highest BCUT2D eigenvalue weighted by atomic mass is 16.8. The van der Waals surface area contributed by atoms with E-state index in [1.807, 2.05) is 0 Å². The number of carbonyl (C=O) groups excluding carboxylic acids is 1. The summed E-state index contributed by atoms with van der Waals surface area (Å²) in [6.07, 6.45) is -24.4. The molecule has 20 heteroatoms. The smallest absolute Gasteiger partial charge is 0.187 e. The van der Waals surface area contributed by atoms with Gasteiger partial charge in [-0.2, -0.15) is 0 Å². The highest BCUT2D eigenvalue weighted by Crippen LogP contribution is 2.32. The number of aliphatic hydroxyl groups excluding tert-OH is 10. The van der Waals surface area contributed by atoms with E-state index >= 15 is 0 Å². The maximum Gasteiger partial charge on any atom is 0.187 e. The van der Waals surface area contributed by atoms with Crippen molar-refractivity contribution in [2.45, 2.75) is 105 Å². The zero-order chi connectivity index (χ0) is 34.7. The van der Waals surface area contributed by atoms with Crippen molar-refractivity contribution in [1.82, 2.24) is 5.32 Å². The van der Waals surface area contributed by atoms with Crippen molar-refractivity contribution in [3.8, 4) is 0 Å². The van der Waals surface area contributed by atoms with Crippen LogP contribution in [0.2, 0.25) is 0 Å². The summed E-state index contributed by atoms with van der Waals surface area (Å²) < 4.78 is 38.4. The van der Waals surface area contributed by atoms with Crippen molar-refractivity contribution in [3.05, 3.63) is 0 Å². The summed E-state index contributed by atoms with van der Waals surface area (Å²) in [4.78, 5) is 11.8. The summed E-state index contributed by atoms with van der Waals surface area (Å²) in [7, 11) is 0. The predicted octanol–water partition coefficient (Wildman–Crippen LogP) is -7.63. The van der Waals surface area contributed by atoms with Gasteiger partial charge >= 0.3 is 0 Å². The van der Waals surface area contributed by atoms with E-state index < -0.39 is 112 Å². The lowest BCUT2D eigenvalue weighted by Crippen LogP contribution is -2.67. The monoisotopic (exact) mass is 690 g/mol.